The number of ether oxygens (including phenoxy) is 1. The maximum Gasteiger partial charge on any atom is 0.258 e. The van der Waals surface area contributed by atoms with Crippen LogP contribution >= 0.6 is 24.0 Å². The van der Waals surface area contributed by atoms with Crippen molar-refractivity contribution >= 4 is 28.4 Å². The zero-order chi connectivity index (χ0) is 14.8. The molecular weight excluding hydrogens is 298 g/mol. The number of thioether (sulfide) groups is 1. The Bertz CT molecular complexity index is 464. The molecule has 1 fully saturated rings. The predicted octanol–water partition coefficient (Wildman–Crippen LogP) is 4.55. The van der Waals surface area contributed by atoms with Crippen LogP contribution in [0.25, 0.3) is 0 Å². The number of halogens is 2. The molecule has 0 aromatic heterocycles. The number of benzene rings is 1. The summed E-state index contributed by atoms with van der Waals surface area (Å²) in [6.45, 7) is 1.68. The van der Waals surface area contributed by atoms with Gasteiger partial charge in [0.15, 0.2) is 0 Å². The standard InChI is InChI=1S/C15H18F2OS2/c1-10(18-14(19)20-2)13-12(15(13,16)17)9-8-11-6-4-3-5-7-11/h3-7,10,12-13H,8-9H2,1-2H3. The fraction of sp³-hybridized carbons (Fsp3) is 0.533. The van der Waals surface area contributed by atoms with E-state index < -0.39 is 23.9 Å². The van der Waals surface area contributed by atoms with Gasteiger partial charge in [0.2, 0.25) is 4.38 Å². The van der Waals surface area contributed by atoms with Crippen LogP contribution in [0.5, 0.6) is 0 Å². The lowest BCUT2D eigenvalue weighted by Gasteiger charge is -2.13. The minimum absolute atomic E-state index is 0.335. The molecule has 1 aromatic carbocycles. The van der Waals surface area contributed by atoms with Gasteiger partial charge >= 0.3 is 0 Å². The van der Waals surface area contributed by atoms with E-state index in [2.05, 4.69) is 0 Å². The first kappa shape index (κ1) is 15.7. The van der Waals surface area contributed by atoms with Crippen molar-refractivity contribution in [1.82, 2.24) is 0 Å². The van der Waals surface area contributed by atoms with E-state index in [0.717, 1.165) is 5.56 Å². The molecule has 1 saturated carbocycles. The minimum Gasteiger partial charge on any atom is -0.475 e. The van der Waals surface area contributed by atoms with Gasteiger partial charge in [0.05, 0.1) is 5.92 Å². The summed E-state index contributed by atoms with van der Waals surface area (Å²) in [7, 11) is 0. The van der Waals surface area contributed by atoms with E-state index in [4.69, 9.17) is 17.0 Å². The van der Waals surface area contributed by atoms with E-state index in [1.807, 2.05) is 30.3 Å². The second kappa shape index (κ2) is 6.39. The summed E-state index contributed by atoms with van der Waals surface area (Å²) in [6, 6.07) is 9.73. The van der Waals surface area contributed by atoms with Crippen molar-refractivity contribution in [2.24, 2.45) is 11.8 Å². The molecule has 0 N–H and O–H groups in total. The summed E-state index contributed by atoms with van der Waals surface area (Å²) < 4.78 is 33.4. The Hall–Kier alpha value is -0.680. The molecule has 0 bridgehead atoms. The molecule has 5 heteroatoms. The molecular formula is C15H18F2OS2. The first-order valence-corrected chi connectivity index (χ1v) is 8.26. The van der Waals surface area contributed by atoms with Gasteiger partial charge in [-0.2, -0.15) is 0 Å². The van der Waals surface area contributed by atoms with Crippen molar-refractivity contribution in [3.63, 3.8) is 0 Å². The van der Waals surface area contributed by atoms with Gasteiger partial charge in [-0.1, -0.05) is 42.1 Å². The minimum atomic E-state index is -2.62. The van der Waals surface area contributed by atoms with Crippen LogP contribution in [0.1, 0.15) is 18.9 Å². The maximum absolute atomic E-state index is 13.8. The second-order valence-corrected chi connectivity index (χ2v) is 6.52. The molecule has 0 heterocycles. The van der Waals surface area contributed by atoms with Crippen LogP contribution in [0.2, 0.25) is 0 Å². The van der Waals surface area contributed by atoms with Crippen LogP contribution in [0, 0.1) is 11.8 Å². The molecule has 3 atom stereocenters. The number of hydrogen-bond acceptors (Lipinski definition) is 3. The zero-order valence-electron chi connectivity index (χ0n) is 11.5. The normalized spacial score (nSPS) is 25.0. The molecule has 0 spiro atoms. The summed E-state index contributed by atoms with van der Waals surface area (Å²) in [5.41, 5.74) is 1.10. The Labute approximate surface area is 128 Å². The Balaban J connectivity index is 1.88. The highest BCUT2D eigenvalue weighted by Crippen LogP contribution is 2.59. The molecule has 3 unspecified atom stereocenters. The summed E-state index contributed by atoms with van der Waals surface area (Å²) in [5, 5.41) is 0. The molecule has 20 heavy (non-hydrogen) atoms. The van der Waals surface area contributed by atoms with Gasteiger partial charge in [0.1, 0.15) is 6.10 Å². The SMILES string of the molecule is CSC(=S)OC(C)C1C(CCc2ccccc2)C1(F)F. The van der Waals surface area contributed by atoms with Crippen LogP contribution in [0.3, 0.4) is 0 Å². The Morgan fingerprint density at radius 3 is 2.65 bits per heavy atom. The van der Waals surface area contributed by atoms with Gasteiger partial charge in [0.25, 0.3) is 5.92 Å². The van der Waals surface area contributed by atoms with Gasteiger partial charge in [-0.05, 0) is 43.8 Å². The molecule has 1 aromatic rings. The highest BCUT2D eigenvalue weighted by molar-refractivity contribution is 8.22. The fourth-order valence-electron chi connectivity index (χ4n) is 2.67. The molecule has 0 amide bonds. The Morgan fingerprint density at radius 2 is 2.05 bits per heavy atom. The summed E-state index contributed by atoms with van der Waals surface area (Å²) in [6.07, 6.45) is 2.43. The average molecular weight is 316 g/mol. The predicted molar refractivity (Wildman–Crippen MR) is 83.4 cm³/mol. The summed E-state index contributed by atoms with van der Waals surface area (Å²) >= 11 is 6.20. The number of hydrogen-bond donors (Lipinski definition) is 0. The fourth-order valence-corrected chi connectivity index (χ4v) is 3.07. The zero-order valence-corrected chi connectivity index (χ0v) is 13.1. The van der Waals surface area contributed by atoms with E-state index >= 15 is 0 Å². The lowest BCUT2D eigenvalue weighted by molar-refractivity contribution is 0.0561. The maximum atomic E-state index is 13.8. The number of thiocarbonyl (C=S) groups is 1. The average Bonchev–Trinajstić information content (AvgIpc) is 2.99. The molecule has 1 nitrogen and oxygen atoms in total. The molecule has 0 aliphatic heterocycles. The van der Waals surface area contributed by atoms with Crippen molar-refractivity contribution < 1.29 is 13.5 Å². The van der Waals surface area contributed by atoms with Crippen molar-refractivity contribution in [3.05, 3.63) is 35.9 Å². The molecule has 2 rings (SSSR count). The van der Waals surface area contributed by atoms with E-state index in [0.29, 0.717) is 17.2 Å². The Kier molecular flexibility index (Phi) is 5.02. The van der Waals surface area contributed by atoms with E-state index in [1.165, 1.54) is 11.8 Å². The summed E-state index contributed by atoms with van der Waals surface area (Å²) in [4.78, 5) is 0. The third-order valence-corrected chi connectivity index (χ3v) is 4.83. The smallest absolute Gasteiger partial charge is 0.258 e. The van der Waals surface area contributed by atoms with E-state index in [-0.39, 0.29) is 0 Å². The number of rotatable bonds is 5. The largest absolute Gasteiger partial charge is 0.475 e. The number of aryl methyl sites for hydroxylation is 1. The van der Waals surface area contributed by atoms with Gasteiger partial charge in [-0.15, -0.1) is 0 Å². The first-order valence-electron chi connectivity index (χ1n) is 6.63. The second-order valence-electron chi connectivity index (χ2n) is 5.11. The van der Waals surface area contributed by atoms with Crippen LogP contribution in [-0.4, -0.2) is 22.7 Å². The first-order chi connectivity index (χ1) is 9.46. The quantitative estimate of drug-likeness (QED) is 0.737. The van der Waals surface area contributed by atoms with Gasteiger partial charge < -0.3 is 4.74 Å². The van der Waals surface area contributed by atoms with Crippen molar-refractivity contribution in [3.8, 4) is 0 Å². The van der Waals surface area contributed by atoms with Crippen LogP contribution in [0.4, 0.5) is 8.78 Å². The topological polar surface area (TPSA) is 9.23 Å². The van der Waals surface area contributed by atoms with Gasteiger partial charge in [-0.25, -0.2) is 8.78 Å². The third kappa shape index (κ3) is 3.50. The monoisotopic (exact) mass is 316 g/mol. The third-order valence-electron chi connectivity index (χ3n) is 3.80. The van der Waals surface area contributed by atoms with Crippen molar-refractivity contribution in [2.75, 3.05) is 6.26 Å². The van der Waals surface area contributed by atoms with E-state index in [9.17, 15) is 8.78 Å². The molecule has 0 saturated heterocycles. The van der Waals surface area contributed by atoms with Crippen LogP contribution in [-0.2, 0) is 11.2 Å². The van der Waals surface area contributed by atoms with Crippen molar-refractivity contribution in [1.29, 1.82) is 0 Å². The van der Waals surface area contributed by atoms with Gasteiger partial charge in [-0.3, -0.25) is 0 Å². The number of alkyl halides is 2. The van der Waals surface area contributed by atoms with Crippen molar-refractivity contribution in [2.45, 2.75) is 31.8 Å². The van der Waals surface area contributed by atoms with E-state index in [1.54, 1.807) is 13.2 Å². The van der Waals surface area contributed by atoms with Crippen LogP contribution < -0.4 is 0 Å². The highest BCUT2D eigenvalue weighted by Gasteiger charge is 2.70. The summed E-state index contributed by atoms with van der Waals surface area (Å²) in [5.74, 6) is -3.93. The highest BCUT2D eigenvalue weighted by atomic mass is 32.2. The molecule has 110 valence electrons. The molecule has 0 radical (unpaired) electrons. The van der Waals surface area contributed by atoms with Gasteiger partial charge in [0, 0.05) is 5.92 Å². The van der Waals surface area contributed by atoms with Crippen LogP contribution in [0.15, 0.2) is 30.3 Å². The molecule has 1 aliphatic carbocycles. The Morgan fingerprint density at radius 1 is 1.40 bits per heavy atom. The lowest BCUT2D eigenvalue weighted by Crippen LogP contribution is -2.17. The lowest BCUT2D eigenvalue weighted by atomic mass is 10.1. The molecule has 1 aliphatic rings.